The average Bonchev–Trinajstić information content (AvgIpc) is 2.41. The van der Waals surface area contributed by atoms with E-state index in [0.29, 0.717) is 19.6 Å². The van der Waals surface area contributed by atoms with Crippen LogP contribution in [0.25, 0.3) is 0 Å². The molecule has 2 N–H and O–H groups in total. The van der Waals surface area contributed by atoms with Gasteiger partial charge in [0.25, 0.3) is 0 Å². The van der Waals surface area contributed by atoms with Crippen LogP contribution in [0.2, 0.25) is 0 Å². The molecule has 0 saturated heterocycles. The first-order chi connectivity index (χ1) is 8.64. The Morgan fingerprint density at radius 3 is 1.50 bits per heavy atom. The van der Waals surface area contributed by atoms with Gasteiger partial charge < -0.3 is 24.4 Å². The average molecular weight is 268 g/mol. The first kappa shape index (κ1) is 22.5. The minimum atomic E-state index is -0.157. The Morgan fingerprint density at radius 2 is 1.39 bits per heavy atom. The minimum absolute atomic E-state index is 0.0278. The van der Waals surface area contributed by atoms with Crippen molar-refractivity contribution in [2.75, 3.05) is 46.8 Å². The van der Waals surface area contributed by atoms with Gasteiger partial charge in [0, 0.05) is 19.6 Å². The maximum absolute atomic E-state index is 9.96. The number of hydrogen-bond acceptors (Lipinski definition) is 6. The van der Waals surface area contributed by atoms with Crippen molar-refractivity contribution >= 4 is 5.97 Å². The fourth-order valence-corrected chi connectivity index (χ4v) is 0.580. The lowest BCUT2D eigenvalue weighted by molar-refractivity contribution is -0.140. The third kappa shape index (κ3) is 36.2. The number of hydrogen-bond donors (Lipinski definition) is 2. The van der Waals surface area contributed by atoms with Gasteiger partial charge in [0.1, 0.15) is 0 Å². The molecule has 0 aliphatic rings. The standard InChI is InChI=1S/C4H10O3.C4H8O2.C4H10O/c5-1-3-7-4-2-6;1-3-4(5)6-2;1-3-5-4-2/h5-6H,1-4H2;3H2,1-2H3;3-4H2,1-2H3. The van der Waals surface area contributed by atoms with E-state index in [9.17, 15) is 4.79 Å². The number of carbonyl (C=O) groups excluding carboxylic acids is 1. The number of methoxy groups -OCH3 is 1. The van der Waals surface area contributed by atoms with Crippen LogP contribution in [0.3, 0.4) is 0 Å². The topological polar surface area (TPSA) is 85.2 Å². The SMILES string of the molecule is CCC(=O)OC.CCOCC.OCCOCCO. The van der Waals surface area contributed by atoms with Crippen LogP contribution in [0.4, 0.5) is 0 Å². The second-order valence-corrected chi connectivity index (χ2v) is 2.77. The molecule has 0 spiro atoms. The predicted octanol–water partition coefficient (Wildman–Crippen LogP) is 0.600. The third-order valence-corrected chi connectivity index (χ3v) is 1.40. The van der Waals surface area contributed by atoms with E-state index in [2.05, 4.69) is 9.47 Å². The molecular weight excluding hydrogens is 240 g/mol. The van der Waals surface area contributed by atoms with Gasteiger partial charge >= 0.3 is 5.97 Å². The van der Waals surface area contributed by atoms with Crippen molar-refractivity contribution < 1.29 is 29.2 Å². The maximum Gasteiger partial charge on any atom is 0.305 e. The van der Waals surface area contributed by atoms with E-state index < -0.39 is 0 Å². The smallest absolute Gasteiger partial charge is 0.305 e. The fourth-order valence-electron chi connectivity index (χ4n) is 0.580. The lowest BCUT2D eigenvalue weighted by Gasteiger charge is -1.94. The van der Waals surface area contributed by atoms with Crippen molar-refractivity contribution in [2.45, 2.75) is 27.2 Å². The number of esters is 1. The van der Waals surface area contributed by atoms with Crippen LogP contribution < -0.4 is 0 Å². The van der Waals surface area contributed by atoms with E-state index >= 15 is 0 Å². The highest BCUT2D eigenvalue weighted by atomic mass is 16.5. The summed E-state index contributed by atoms with van der Waals surface area (Å²) in [4.78, 5) is 9.96. The lowest BCUT2D eigenvalue weighted by atomic mass is 10.5. The lowest BCUT2D eigenvalue weighted by Crippen LogP contribution is -2.03. The molecule has 0 fully saturated rings. The van der Waals surface area contributed by atoms with Crippen LogP contribution in [-0.4, -0.2) is 62.9 Å². The molecule has 0 bridgehead atoms. The zero-order valence-electron chi connectivity index (χ0n) is 12.0. The van der Waals surface area contributed by atoms with E-state index in [-0.39, 0.29) is 19.2 Å². The van der Waals surface area contributed by atoms with Gasteiger partial charge in [0.05, 0.1) is 33.5 Å². The van der Waals surface area contributed by atoms with Crippen molar-refractivity contribution in [1.82, 2.24) is 0 Å². The Hall–Kier alpha value is -0.690. The van der Waals surface area contributed by atoms with Gasteiger partial charge in [-0.1, -0.05) is 6.92 Å². The van der Waals surface area contributed by atoms with Gasteiger partial charge in [-0.05, 0) is 13.8 Å². The molecule has 6 heteroatoms. The van der Waals surface area contributed by atoms with Gasteiger partial charge in [-0.25, -0.2) is 0 Å². The molecule has 0 aromatic heterocycles. The van der Waals surface area contributed by atoms with E-state index in [1.165, 1.54) is 7.11 Å². The molecule has 18 heavy (non-hydrogen) atoms. The summed E-state index contributed by atoms with van der Waals surface area (Å²) in [5, 5.41) is 16.2. The molecule has 0 aliphatic carbocycles. The summed E-state index contributed by atoms with van der Waals surface area (Å²) in [6, 6.07) is 0. The number of aliphatic hydroxyl groups is 2. The number of carbonyl (C=O) groups is 1. The molecule has 6 nitrogen and oxygen atoms in total. The first-order valence-corrected chi connectivity index (χ1v) is 6.08. The molecule has 0 atom stereocenters. The van der Waals surface area contributed by atoms with Crippen molar-refractivity contribution in [3.05, 3.63) is 0 Å². The number of rotatable bonds is 7. The highest BCUT2D eigenvalue weighted by Gasteiger charge is 1.87. The summed E-state index contributed by atoms with van der Waals surface area (Å²) in [7, 11) is 1.38. The Morgan fingerprint density at radius 1 is 0.944 bits per heavy atom. The molecule has 0 amide bonds. The molecule has 0 rings (SSSR count). The maximum atomic E-state index is 9.96. The molecule has 0 heterocycles. The van der Waals surface area contributed by atoms with Gasteiger partial charge in [0.15, 0.2) is 0 Å². The van der Waals surface area contributed by atoms with Gasteiger partial charge in [0.2, 0.25) is 0 Å². The van der Waals surface area contributed by atoms with E-state index in [4.69, 9.17) is 14.9 Å². The highest BCUT2D eigenvalue weighted by molar-refractivity contribution is 5.68. The van der Waals surface area contributed by atoms with Crippen molar-refractivity contribution in [3.63, 3.8) is 0 Å². The fraction of sp³-hybridized carbons (Fsp3) is 0.917. The molecule has 0 aromatic rings. The summed E-state index contributed by atoms with van der Waals surface area (Å²) < 4.78 is 13.7. The molecular formula is C12H28O6. The van der Waals surface area contributed by atoms with E-state index in [0.717, 1.165) is 13.2 Å². The van der Waals surface area contributed by atoms with Crippen LogP contribution in [0.1, 0.15) is 27.2 Å². The zero-order valence-corrected chi connectivity index (χ0v) is 12.0. The quantitative estimate of drug-likeness (QED) is 0.519. The monoisotopic (exact) mass is 268 g/mol. The summed E-state index contributed by atoms with van der Waals surface area (Å²) in [6.45, 7) is 8.12. The van der Waals surface area contributed by atoms with Crippen molar-refractivity contribution in [1.29, 1.82) is 0 Å². The summed E-state index contributed by atoms with van der Waals surface area (Å²) in [6.07, 6.45) is 0.469. The minimum Gasteiger partial charge on any atom is -0.469 e. The summed E-state index contributed by atoms with van der Waals surface area (Å²) >= 11 is 0. The molecule has 0 radical (unpaired) electrons. The Balaban J connectivity index is -0.000000190. The highest BCUT2D eigenvalue weighted by Crippen LogP contribution is 1.76. The van der Waals surface area contributed by atoms with Crippen LogP contribution in [-0.2, 0) is 19.0 Å². The molecule has 0 aromatic carbocycles. The summed E-state index contributed by atoms with van der Waals surface area (Å²) in [5.41, 5.74) is 0. The molecule has 0 unspecified atom stereocenters. The Labute approximate surface area is 110 Å². The van der Waals surface area contributed by atoms with Crippen molar-refractivity contribution in [3.8, 4) is 0 Å². The number of aliphatic hydroxyl groups excluding tert-OH is 2. The van der Waals surface area contributed by atoms with Crippen LogP contribution >= 0.6 is 0 Å². The Bertz CT molecular complexity index is 129. The van der Waals surface area contributed by atoms with Crippen LogP contribution in [0.5, 0.6) is 0 Å². The van der Waals surface area contributed by atoms with Gasteiger partial charge in [-0.15, -0.1) is 0 Å². The Kier molecular flexibility index (Phi) is 31.5. The van der Waals surface area contributed by atoms with Gasteiger partial charge in [-0.3, -0.25) is 4.79 Å². The second-order valence-electron chi connectivity index (χ2n) is 2.77. The van der Waals surface area contributed by atoms with Crippen LogP contribution in [0, 0.1) is 0 Å². The normalized spacial score (nSPS) is 8.56. The van der Waals surface area contributed by atoms with Crippen LogP contribution in [0.15, 0.2) is 0 Å². The van der Waals surface area contributed by atoms with Crippen molar-refractivity contribution in [2.24, 2.45) is 0 Å². The van der Waals surface area contributed by atoms with E-state index in [1.54, 1.807) is 6.92 Å². The van der Waals surface area contributed by atoms with Gasteiger partial charge in [-0.2, -0.15) is 0 Å². The largest absolute Gasteiger partial charge is 0.469 e. The summed E-state index contributed by atoms with van der Waals surface area (Å²) in [5.74, 6) is -0.157. The first-order valence-electron chi connectivity index (χ1n) is 6.08. The predicted molar refractivity (Wildman–Crippen MR) is 69.5 cm³/mol. The molecule has 112 valence electrons. The van der Waals surface area contributed by atoms with E-state index in [1.807, 2.05) is 13.8 Å². The zero-order chi connectivity index (χ0) is 14.6. The number of ether oxygens (including phenoxy) is 3. The third-order valence-electron chi connectivity index (χ3n) is 1.40. The molecule has 0 aliphatic heterocycles. The second kappa shape index (κ2) is 25.2. The molecule has 0 saturated carbocycles.